The quantitative estimate of drug-likeness (QED) is 0.501. The first kappa shape index (κ1) is 21.9. The van der Waals surface area contributed by atoms with Crippen molar-refractivity contribution in [2.24, 2.45) is 0 Å². The number of ether oxygens (including phenoxy) is 1. The monoisotopic (exact) mass is 488 g/mol. The van der Waals surface area contributed by atoms with Gasteiger partial charge in [-0.1, -0.05) is 23.7 Å². The van der Waals surface area contributed by atoms with Gasteiger partial charge >= 0.3 is 0 Å². The first-order chi connectivity index (χ1) is 15.6. The number of rotatable bonds is 7. The Morgan fingerprint density at radius 3 is 2.53 bits per heavy atom. The first-order valence-electron chi connectivity index (χ1n) is 10.8. The van der Waals surface area contributed by atoms with Crippen LogP contribution < -0.4 is 4.74 Å². The molecule has 0 radical (unpaired) electrons. The molecule has 32 heavy (non-hydrogen) atoms. The summed E-state index contributed by atoms with van der Waals surface area (Å²) in [5.41, 5.74) is 1.30. The lowest BCUT2D eigenvalue weighted by atomic mass is 10.0. The summed E-state index contributed by atoms with van der Waals surface area (Å²) in [5.74, 6) is 0.950. The van der Waals surface area contributed by atoms with Crippen molar-refractivity contribution in [1.29, 1.82) is 0 Å². The summed E-state index contributed by atoms with van der Waals surface area (Å²) in [6, 6.07) is 12.9. The highest BCUT2D eigenvalue weighted by atomic mass is 35.5. The van der Waals surface area contributed by atoms with Crippen molar-refractivity contribution in [2.75, 3.05) is 39.3 Å². The number of carbonyl (C=O) groups excluding carboxylic acids is 1. The van der Waals surface area contributed by atoms with Crippen LogP contribution in [-0.2, 0) is 13.2 Å². The zero-order chi connectivity index (χ0) is 21.9. The molecule has 0 bridgehead atoms. The second kappa shape index (κ2) is 9.89. The Kier molecular flexibility index (Phi) is 6.75. The van der Waals surface area contributed by atoms with Gasteiger partial charge in [-0.25, -0.2) is 4.98 Å². The zero-order valence-electron chi connectivity index (χ0n) is 17.7. The number of hydrogen-bond acceptors (Lipinski definition) is 7. The summed E-state index contributed by atoms with van der Waals surface area (Å²) in [5, 5.41) is 2.45. The summed E-state index contributed by atoms with van der Waals surface area (Å²) in [6.45, 7) is 7.12. The standard InChI is InChI=1S/C23H25ClN4O2S2/c24-21-6-5-20(32-21)16-30-19-3-1-17(2-4-19)13-26-14-18(15-26)27-8-10-28(11-9-27)23(29)22-25-7-12-31-22/h1-7,12,18H,8-11,13-16H2. The average Bonchev–Trinajstić information content (AvgIpc) is 3.47. The first-order valence-corrected chi connectivity index (χ1v) is 12.8. The van der Waals surface area contributed by atoms with E-state index in [-0.39, 0.29) is 5.91 Å². The van der Waals surface area contributed by atoms with Crippen LogP contribution in [0.4, 0.5) is 0 Å². The molecule has 2 aliphatic rings. The van der Waals surface area contributed by atoms with E-state index < -0.39 is 0 Å². The Hall–Kier alpha value is -1.97. The second-order valence-electron chi connectivity index (χ2n) is 8.15. The molecule has 0 atom stereocenters. The van der Waals surface area contributed by atoms with Gasteiger partial charge in [-0.15, -0.1) is 22.7 Å². The van der Waals surface area contributed by atoms with E-state index in [0.29, 0.717) is 17.7 Å². The van der Waals surface area contributed by atoms with Crippen molar-refractivity contribution >= 4 is 40.2 Å². The third-order valence-electron chi connectivity index (χ3n) is 6.01. The molecule has 168 valence electrons. The molecule has 0 N–H and O–H groups in total. The molecule has 0 unspecified atom stereocenters. The molecule has 2 aromatic heterocycles. The fraction of sp³-hybridized carbons (Fsp3) is 0.391. The molecule has 2 aliphatic heterocycles. The number of nitrogens with zero attached hydrogens (tertiary/aromatic N) is 4. The maximum Gasteiger partial charge on any atom is 0.282 e. The van der Waals surface area contributed by atoms with E-state index in [4.69, 9.17) is 16.3 Å². The van der Waals surface area contributed by atoms with Gasteiger partial charge in [-0.05, 0) is 29.8 Å². The van der Waals surface area contributed by atoms with Crippen LogP contribution in [0.1, 0.15) is 20.2 Å². The van der Waals surface area contributed by atoms with E-state index in [0.717, 1.165) is 60.8 Å². The molecule has 0 aliphatic carbocycles. The Balaban J connectivity index is 1.03. The number of thiazole rings is 1. The number of hydrogen-bond donors (Lipinski definition) is 0. The number of piperazine rings is 1. The van der Waals surface area contributed by atoms with Crippen LogP contribution in [-0.4, -0.2) is 70.9 Å². The van der Waals surface area contributed by atoms with Gasteiger partial charge in [0, 0.05) is 68.3 Å². The van der Waals surface area contributed by atoms with Crippen LogP contribution in [0.15, 0.2) is 48.0 Å². The highest BCUT2D eigenvalue weighted by Crippen LogP contribution is 2.24. The van der Waals surface area contributed by atoms with Crippen LogP contribution in [0.25, 0.3) is 0 Å². The molecule has 6 nitrogen and oxygen atoms in total. The fourth-order valence-corrected chi connectivity index (χ4v) is 5.79. The van der Waals surface area contributed by atoms with Gasteiger partial charge < -0.3 is 9.64 Å². The van der Waals surface area contributed by atoms with Crippen molar-refractivity contribution in [2.45, 2.75) is 19.2 Å². The largest absolute Gasteiger partial charge is 0.488 e. The van der Waals surface area contributed by atoms with Gasteiger partial charge in [0.25, 0.3) is 5.91 Å². The lowest BCUT2D eigenvalue weighted by Crippen LogP contribution is -2.63. The van der Waals surface area contributed by atoms with Crippen LogP contribution in [0.5, 0.6) is 5.75 Å². The van der Waals surface area contributed by atoms with Crippen molar-refractivity contribution < 1.29 is 9.53 Å². The maximum absolute atomic E-state index is 12.4. The molecular weight excluding hydrogens is 464 g/mol. The predicted molar refractivity (Wildman–Crippen MR) is 129 cm³/mol. The number of amides is 1. The van der Waals surface area contributed by atoms with E-state index in [9.17, 15) is 4.79 Å². The Morgan fingerprint density at radius 1 is 1.09 bits per heavy atom. The number of benzene rings is 1. The average molecular weight is 489 g/mol. The van der Waals surface area contributed by atoms with Crippen molar-refractivity contribution in [3.05, 3.63) is 67.8 Å². The van der Waals surface area contributed by atoms with E-state index in [2.05, 4.69) is 26.9 Å². The van der Waals surface area contributed by atoms with Crippen molar-refractivity contribution in [3.8, 4) is 5.75 Å². The lowest BCUT2D eigenvalue weighted by molar-refractivity contribution is 0.00257. The molecule has 0 saturated carbocycles. The molecular formula is C23H25ClN4O2S2. The fourth-order valence-electron chi connectivity index (χ4n) is 4.19. The van der Waals surface area contributed by atoms with Gasteiger partial charge in [0.05, 0.1) is 4.34 Å². The normalized spacial score (nSPS) is 18.0. The molecule has 9 heteroatoms. The van der Waals surface area contributed by atoms with E-state index in [1.807, 2.05) is 34.5 Å². The molecule has 1 amide bonds. The Morgan fingerprint density at radius 2 is 1.88 bits per heavy atom. The SMILES string of the molecule is O=C(c1nccs1)N1CCN(C2CN(Cc3ccc(OCc4ccc(Cl)s4)cc3)C2)CC1. The summed E-state index contributed by atoms with van der Waals surface area (Å²) in [6.07, 6.45) is 1.69. The lowest BCUT2D eigenvalue weighted by Gasteiger charge is -2.48. The minimum absolute atomic E-state index is 0.0708. The Labute approximate surface area is 201 Å². The Bertz CT molecular complexity index is 1030. The van der Waals surface area contributed by atoms with Gasteiger partial charge in [-0.2, -0.15) is 0 Å². The summed E-state index contributed by atoms with van der Waals surface area (Å²) < 4.78 is 6.64. The molecule has 1 aromatic carbocycles. The summed E-state index contributed by atoms with van der Waals surface area (Å²) >= 11 is 8.93. The van der Waals surface area contributed by atoms with E-state index in [1.165, 1.54) is 16.9 Å². The molecule has 2 fully saturated rings. The molecule has 4 heterocycles. The minimum atomic E-state index is 0.0708. The molecule has 3 aromatic rings. The van der Waals surface area contributed by atoms with Gasteiger partial charge in [-0.3, -0.25) is 14.6 Å². The number of thiophene rings is 1. The van der Waals surface area contributed by atoms with Gasteiger partial charge in [0.15, 0.2) is 5.01 Å². The third kappa shape index (κ3) is 5.15. The molecule has 5 rings (SSSR count). The highest BCUT2D eigenvalue weighted by Gasteiger charge is 2.34. The number of halogens is 1. The number of likely N-dealkylation sites (tertiary alicyclic amines) is 1. The topological polar surface area (TPSA) is 48.9 Å². The number of carbonyl (C=O) groups is 1. The highest BCUT2D eigenvalue weighted by molar-refractivity contribution is 7.16. The van der Waals surface area contributed by atoms with Gasteiger partial charge in [0.2, 0.25) is 0 Å². The van der Waals surface area contributed by atoms with Gasteiger partial charge in [0.1, 0.15) is 12.4 Å². The molecule has 0 spiro atoms. The second-order valence-corrected chi connectivity index (χ2v) is 10.8. The predicted octanol–water partition coefficient (Wildman–Crippen LogP) is 4.08. The van der Waals surface area contributed by atoms with Crippen LogP contribution in [0.2, 0.25) is 4.34 Å². The minimum Gasteiger partial charge on any atom is -0.488 e. The van der Waals surface area contributed by atoms with Crippen molar-refractivity contribution in [3.63, 3.8) is 0 Å². The third-order valence-corrected chi connectivity index (χ3v) is 7.98. The molecule has 2 saturated heterocycles. The van der Waals surface area contributed by atoms with Crippen LogP contribution >= 0.6 is 34.3 Å². The van der Waals surface area contributed by atoms with E-state index >= 15 is 0 Å². The zero-order valence-corrected chi connectivity index (χ0v) is 20.0. The smallest absolute Gasteiger partial charge is 0.282 e. The number of aromatic nitrogens is 1. The maximum atomic E-state index is 12.4. The summed E-state index contributed by atoms with van der Waals surface area (Å²) in [4.78, 5) is 24.6. The summed E-state index contributed by atoms with van der Waals surface area (Å²) in [7, 11) is 0. The van der Waals surface area contributed by atoms with Crippen molar-refractivity contribution in [1.82, 2.24) is 19.7 Å². The van der Waals surface area contributed by atoms with Crippen LogP contribution in [0, 0.1) is 0 Å². The van der Waals surface area contributed by atoms with Crippen LogP contribution in [0.3, 0.4) is 0 Å². The van der Waals surface area contributed by atoms with E-state index in [1.54, 1.807) is 17.5 Å².